The molecule has 0 saturated heterocycles. The van der Waals surface area contributed by atoms with E-state index in [1.54, 1.807) is 37.4 Å². The Morgan fingerprint density at radius 1 is 0.788 bits per heavy atom. The number of hydrogen-bond acceptors (Lipinski definition) is 4. The summed E-state index contributed by atoms with van der Waals surface area (Å²) in [6.45, 7) is 6.78. The van der Waals surface area contributed by atoms with Crippen LogP contribution in [0.3, 0.4) is 0 Å². The second kappa shape index (κ2) is 10.2. The number of anilines is 1. The molecule has 0 bridgehead atoms. The smallest absolute Gasteiger partial charge is 0.255 e. The molecule has 0 aliphatic rings. The summed E-state index contributed by atoms with van der Waals surface area (Å²) in [6.07, 6.45) is 0. The summed E-state index contributed by atoms with van der Waals surface area (Å²) < 4.78 is 10.5. The van der Waals surface area contributed by atoms with Crippen molar-refractivity contribution >= 4 is 17.5 Å². The summed E-state index contributed by atoms with van der Waals surface area (Å²) in [7, 11) is 3.10. The van der Waals surface area contributed by atoms with Gasteiger partial charge in [-0.05, 0) is 52.9 Å². The van der Waals surface area contributed by atoms with Gasteiger partial charge in [0.15, 0.2) is 0 Å². The molecule has 33 heavy (non-hydrogen) atoms. The number of carbonyl (C=O) groups is 2. The van der Waals surface area contributed by atoms with E-state index in [4.69, 9.17) is 9.47 Å². The van der Waals surface area contributed by atoms with E-state index in [2.05, 4.69) is 31.4 Å². The van der Waals surface area contributed by atoms with E-state index in [9.17, 15) is 9.59 Å². The lowest BCUT2D eigenvalue weighted by Gasteiger charge is -2.19. The first kappa shape index (κ1) is 23.9. The maximum absolute atomic E-state index is 12.6. The summed E-state index contributed by atoms with van der Waals surface area (Å²) in [5.74, 6) is 0.760. The monoisotopic (exact) mass is 446 g/mol. The van der Waals surface area contributed by atoms with Crippen molar-refractivity contribution in [2.75, 3.05) is 19.5 Å². The third kappa shape index (κ3) is 6.13. The Morgan fingerprint density at radius 2 is 1.39 bits per heavy atom. The van der Waals surface area contributed by atoms with Crippen molar-refractivity contribution < 1.29 is 19.1 Å². The van der Waals surface area contributed by atoms with Crippen LogP contribution < -0.4 is 20.1 Å². The van der Waals surface area contributed by atoms with E-state index in [0.29, 0.717) is 34.9 Å². The van der Waals surface area contributed by atoms with Crippen LogP contribution in [0.5, 0.6) is 11.5 Å². The molecule has 0 radical (unpaired) electrons. The molecule has 3 aromatic carbocycles. The van der Waals surface area contributed by atoms with Gasteiger partial charge in [-0.25, -0.2) is 0 Å². The highest BCUT2D eigenvalue weighted by atomic mass is 16.5. The van der Waals surface area contributed by atoms with Gasteiger partial charge in [0, 0.05) is 23.7 Å². The van der Waals surface area contributed by atoms with Crippen molar-refractivity contribution in [3.05, 3.63) is 89.0 Å². The molecule has 2 amide bonds. The fourth-order valence-electron chi connectivity index (χ4n) is 3.28. The van der Waals surface area contributed by atoms with Crippen LogP contribution in [0.1, 0.15) is 52.6 Å². The Bertz CT molecular complexity index is 1110. The van der Waals surface area contributed by atoms with Gasteiger partial charge in [0.1, 0.15) is 11.5 Å². The quantitative estimate of drug-likeness (QED) is 0.524. The molecule has 3 rings (SSSR count). The van der Waals surface area contributed by atoms with E-state index in [-0.39, 0.29) is 17.2 Å². The molecule has 172 valence electrons. The summed E-state index contributed by atoms with van der Waals surface area (Å²) in [4.78, 5) is 25.1. The fourth-order valence-corrected chi connectivity index (χ4v) is 3.28. The zero-order valence-corrected chi connectivity index (χ0v) is 19.7. The lowest BCUT2D eigenvalue weighted by Crippen LogP contribution is -2.23. The molecule has 0 spiro atoms. The number of rotatable bonds is 7. The van der Waals surface area contributed by atoms with E-state index in [1.807, 2.05) is 36.4 Å². The predicted octanol–water partition coefficient (Wildman–Crippen LogP) is 5.18. The zero-order valence-electron chi connectivity index (χ0n) is 19.7. The van der Waals surface area contributed by atoms with Crippen LogP contribution in [-0.2, 0) is 12.0 Å². The maximum Gasteiger partial charge on any atom is 0.255 e. The van der Waals surface area contributed by atoms with Crippen LogP contribution in [0, 0.1) is 0 Å². The van der Waals surface area contributed by atoms with Crippen LogP contribution in [0.4, 0.5) is 5.69 Å². The normalized spacial score (nSPS) is 10.9. The zero-order chi connectivity index (χ0) is 24.0. The van der Waals surface area contributed by atoms with E-state index < -0.39 is 0 Å². The molecule has 2 N–H and O–H groups in total. The van der Waals surface area contributed by atoms with Crippen LogP contribution in [-0.4, -0.2) is 26.0 Å². The Morgan fingerprint density at radius 3 is 1.97 bits per heavy atom. The van der Waals surface area contributed by atoms with Gasteiger partial charge in [-0.15, -0.1) is 0 Å². The van der Waals surface area contributed by atoms with Gasteiger partial charge < -0.3 is 20.1 Å². The van der Waals surface area contributed by atoms with E-state index >= 15 is 0 Å². The number of ether oxygens (including phenoxy) is 2. The molecule has 0 unspecified atom stereocenters. The molecular weight excluding hydrogens is 416 g/mol. The highest BCUT2D eigenvalue weighted by molar-refractivity contribution is 6.05. The second-order valence-corrected chi connectivity index (χ2v) is 8.73. The molecule has 0 aliphatic carbocycles. The van der Waals surface area contributed by atoms with Gasteiger partial charge in [0.05, 0.1) is 19.9 Å². The fraction of sp³-hybridized carbons (Fsp3) is 0.259. The highest BCUT2D eigenvalue weighted by Gasteiger charge is 2.14. The molecule has 0 atom stereocenters. The van der Waals surface area contributed by atoms with Gasteiger partial charge in [-0.2, -0.15) is 0 Å². The summed E-state index contributed by atoms with van der Waals surface area (Å²) in [5.41, 5.74) is 3.79. The lowest BCUT2D eigenvalue weighted by atomic mass is 9.87. The summed E-state index contributed by atoms with van der Waals surface area (Å²) in [6, 6.07) is 19.9. The number of carbonyl (C=O) groups excluding carboxylic acids is 2. The Hall–Kier alpha value is -3.80. The first-order valence-corrected chi connectivity index (χ1v) is 10.7. The lowest BCUT2D eigenvalue weighted by molar-refractivity contribution is 0.0949. The minimum absolute atomic E-state index is 0.0432. The van der Waals surface area contributed by atoms with Gasteiger partial charge >= 0.3 is 0 Å². The van der Waals surface area contributed by atoms with Crippen LogP contribution >= 0.6 is 0 Å². The van der Waals surface area contributed by atoms with Crippen molar-refractivity contribution in [1.29, 1.82) is 0 Å². The first-order chi connectivity index (χ1) is 15.7. The van der Waals surface area contributed by atoms with Crippen molar-refractivity contribution in [2.24, 2.45) is 0 Å². The van der Waals surface area contributed by atoms with Crippen molar-refractivity contribution in [3.8, 4) is 11.5 Å². The van der Waals surface area contributed by atoms with E-state index in [1.165, 1.54) is 12.7 Å². The third-order valence-corrected chi connectivity index (χ3v) is 5.34. The number of nitrogens with one attached hydrogen (secondary N) is 2. The number of benzene rings is 3. The number of amides is 2. The van der Waals surface area contributed by atoms with Crippen LogP contribution in [0.15, 0.2) is 66.7 Å². The number of methoxy groups -OCH3 is 2. The Balaban J connectivity index is 1.59. The Kier molecular flexibility index (Phi) is 7.38. The van der Waals surface area contributed by atoms with Gasteiger partial charge in [0.2, 0.25) is 0 Å². The molecule has 6 heteroatoms. The molecule has 0 heterocycles. The molecule has 0 aromatic heterocycles. The predicted molar refractivity (Wildman–Crippen MR) is 130 cm³/mol. The van der Waals surface area contributed by atoms with Crippen LogP contribution in [0.2, 0.25) is 0 Å². The molecule has 0 saturated carbocycles. The van der Waals surface area contributed by atoms with Crippen LogP contribution in [0.25, 0.3) is 0 Å². The molecular formula is C27H30N2O4. The Labute approximate surface area is 194 Å². The minimum Gasteiger partial charge on any atom is -0.497 e. The van der Waals surface area contributed by atoms with Gasteiger partial charge in [-0.1, -0.05) is 45.0 Å². The highest BCUT2D eigenvalue weighted by Crippen LogP contribution is 2.29. The first-order valence-electron chi connectivity index (χ1n) is 10.7. The van der Waals surface area contributed by atoms with Crippen molar-refractivity contribution in [1.82, 2.24) is 5.32 Å². The summed E-state index contributed by atoms with van der Waals surface area (Å²) in [5, 5.41) is 5.77. The third-order valence-electron chi connectivity index (χ3n) is 5.34. The molecule has 6 nitrogen and oxygen atoms in total. The van der Waals surface area contributed by atoms with Gasteiger partial charge in [-0.3, -0.25) is 9.59 Å². The average molecular weight is 447 g/mol. The van der Waals surface area contributed by atoms with Crippen molar-refractivity contribution in [2.45, 2.75) is 32.7 Å². The average Bonchev–Trinajstić information content (AvgIpc) is 2.82. The van der Waals surface area contributed by atoms with Crippen molar-refractivity contribution in [3.63, 3.8) is 0 Å². The second-order valence-electron chi connectivity index (χ2n) is 8.73. The number of hydrogen-bond donors (Lipinski definition) is 2. The minimum atomic E-state index is -0.256. The molecule has 0 fully saturated rings. The van der Waals surface area contributed by atoms with Gasteiger partial charge in [0.25, 0.3) is 11.8 Å². The molecule has 0 aliphatic heterocycles. The maximum atomic E-state index is 12.6. The topological polar surface area (TPSA) is 76.7 Å². The molecule has 3 aromatic rings. The SMILES string of the molecule is COc1ccc(NC(=O)c2ccc(CNC(=O)c3ccc(C(C)(C)C)cc3)cc2)c(OC)c1. The standard InChI is InChI=1S/C27H30N2O4/c1-27(2,3)21-12-10-19(11-13-21)25(30)28-17-18-6-8-20(9-7-18)26(31)29-23-15-14-22(32-4)16-24(23)33-5/h6-16H,17H2,1-5H3,(H,28,30)(H,29,31). The largest absolute Gasteiger partial charge is 0.497 e. The summed E-state index contributed by atoms with van der Waals surface area (Å²) >= 11 is 0. The van der Waals surface area contributed by atoms with E-state index in [0.717, 1.165) is 5.56 Å².